The minimum Gasteiger partial charge on any atom is -0.481 e. The molecule has 5 heteroatoms. The second-order valence-electron chi connectivity index (χ2n) is 4.73. The summed E-state index contributed by atoms with van der Waals surface area (Å²) in [5.74, 6) is -0.831. The Morgan fingerprint density at radius 1 is 1.69 bits per heavy atom. The van der Waals surface area contributed by atoms with E-state index in [0.717, 1.165) is 11.7 Å². The van der Waals surface area contributed by atoms with E-state index in [0.29, 0.717) is 11.1 Å². The van der Waals surface area contributed by atoms with E-state index in [1.165, 1.54) is 30.6 Å². The summed E-state index contributed by atoms with van der Waals surface area (Å²) in [4.78, 5) is 14.7. The lowest BCUT2D eigenvalue weighted by molar-refractivity contribution is -0.136. The van der Waals surface area contributed by atoms with Crippen LogP contribution in [0.15, 0.2) is 5.38 Å². The molecule has 2 rings (SSSR count). The van der Waals surface area contributed by atoms with E-state index in [-0.39, 0.29) is 6.42 Å². The van der Waals surface area contributed by atoms with Gasteiger partial charge in [0, 0.05) is 11.9 Å². The van der Waals surface area contributed by atoms with Crippen LogP contribution in [0.2, 0.25) is 0 Å². The summed E-state index contributed by atoms with van der Waals surface area (Å²) in [6, 6.07) is 0. The lowest BCUT2D eigenvalue weighted by Crippen LogP contribution is -2.33. The third-order valence-corrected chi connectivity index (χ3v) is 3.96. The van der Waals surface area contributed by atoms with Crippen molar-refractivity contribution >= 4 is 22.4 Å². The highest BCUT2D eigenvalue weighted by Gasteiger charge is 2.31. The molecule has 0 atom stereocenters. The molecule has 0 saturated heterocycles. The van der Waals surface area contributed by atoms with Gasteiger partial charge in [-0.05, 0) is 18.3 Å². The molecule has 2 N–H and O–H groups in total. The van der Waals surface area contributed by atoms with Crippen LogP contribution in [0.5, 0.6) is 0 Å². The molecular formula is C11H16N2O2S. The van der Waals surface area contributed by atoms with Crippen LogP contribution in [0.1, 0.15) is 31.9 Å². The normalized spacial score (nSPS) is 17.8. The molecule has 1 aromatic heterocycles. The van der Waals surface area contributed by atoms with Crippen molar-refractivity contribution in [2.45, 2.75) is 32.6 Å². The minimum atomic E-state index is -0.831. The van der Waals surface area contributed by atoms with E-state index in [9.17, 15) is 4.79 Å². The number of nitrogens with zero attached hydrogens (tertiary/aromatic N) is 1. The van der Waals surface area contributed by atoms with E-state index in [1.54, 1.807) is 5.38 Å². The van der Waals surface area contributed by atoms with Gasteiger partial charge in [0.2, 0.25) is 0 Å². The van der Waals surface area contributed by atoms with Crippen molar-refractivity contribution in [3.8, 4) is 0 Å². The molecule has 0 aliphatic heterocycles. The Balaban J connectivity index is 1.85. The molecule has 0 bridgehead atoms. The topological polar surface area (TPSA) is 62.2 Å². The number of thiazole rings is 1. The number of carboxylic acid groups (broad SMARTS) is 1. The lowest BCUT2D eigenvalue weighted by atomic mass is 9.70. The Morgan fingerprint density at radius 2 is 2.44 bits per heavy atom. The first-order valence-corrected chi connectivity index (χ1v) is 6.35. The van der Waals surface area contributed by atoms with Gasteiger partial charge in [0.1, 0.15) is 0 Å². The number of rotatable bonds is 5. The van der Waals surface area contributed by atoms with Crippen LogP contribution < -0.4 is 5.32 Å². The molecule has 0 amide bonds. The van der Waals surface area contributed by atoms with Crippen molar-refractivity contribution in [2.75, 3.05) is 11.9 Å². The highest BCUT2D eigenvalue weighted by Crippen LogP contribution is 2.40. The van der Waals surface area contributed by atoms with Crippen LogP contribution in [-0.2, 0) is 11.2 Å². The van der Waals surface area contributed by atoms with E-state index in [4.69, 9.17) is 5.11 Å². The van der Waals surface area contributed by atoms with Gasteiger partial charge < -0.3 is 10.4 Å². The zero-order valence-electron chi connectivity index (χ0n) is 9.32. The van der Waals surface area contributed by atoms with Gasteiger partial charge in [-0.25, -0.2) is 4.98 Å². The summed E-state index contributed by atoms with van der Waals surface area (Å²) in [7, 11) is 0. The fraction of sp³-hybridized carbons (Fsp3) is 0.636. The van der Waals surface area contributed by atoms with Gasteiger partial charge in [-0.1, -0.05) is 13.3 Å². The summed E-state index contributed by atoms with van der Waals surface area (Å²) < 4.78 is 0. The van der Waals surface area contributed by atoms with Crippen LogP contribution in [0.25, 0.3) is 0 Å². The van der Waals surface area contributed by atoms with E-state index in [1.807, 2.05) is 0 Å². The average Bonchev–Trinajstić information content (AvgIpc) is 2.58. The third-order valence-electron chi connectivity index (χ3n) is 3.11. The average molecular weight is 240 g/mol. The molecule has 1 saturated carbocycles. The van der Waals surface area contributed by atoms with Crippen LogP contribution in [0.4, 0.5) is 5.13 Å². The number of carbonyl (C=O) groups is 1. The van der Waals surface area contributed by atoms with E-state index in [2.05, 4.69) is 17.2 Å². The molecule has 0 spiro atoms. The van der Waals surface area contributed by atoms with Crippen molar-refractivity contribution in [3.05, 3.63) is 11.1 Å². The van der Waals surface area contributed by atoms with Gasteiger partial charge in [-0.2, -0.15) is 0 Å². The molecule has 1 aromatic rings. The molecule has 0 radical (unpaired) electrons. The SMILES string of the molecule is CC1(CNc2nc(CC(=O)O)cs2)CCC1. The van der Waals surface area contributed by atoms with Crippen LogP contribution in [0, 0.1) is 5.41 Å². The highest BCUT2D eigenvalue weighted by atomic mass is 32.1. The molecule has 16 heavy (non-hydrogen) atoms. The predicted molar refractivity (Wildman–Crippen MR) is 63.9 cm³/mol. The van der Waals surface area contributed by atoms with Gasteiger partial charge in [-0.15, -0.1) is 11.3 Å². The Kier molecular flexibility index (Phi) is 3.14. The van der Waals surface area contributed by atoms with Gasteiger partial charge >= 0.3 is 5.97 Å². The van der Waals surface area contributed by atoms with Crippen molar-refractivity contribution in [2.24, 2.45) is 5.41 Å². The first-order valence-electron chi connectivity index (χ1n) is 5.47. The number of carboxylic acids is 1. The lowest BCUT2D eigenvalue weighted by Gasteiger charge is -2.38. The number of aromatic nitrogens is 1. The Hall–Kier alpha value is -1.10. The van der Waals surface area contributed by atoms with Crippen LogP contribution >= 0.6 is 11.3 Å². The number of nitrogens with one attached hydrogen (secondary N) is 1. The first kappa shape index (κ1) is 11.4. The van der Waals surface area contributed by atoms with E-state index < -0.39 is 5.97 Å². The fourth-order valence-corrected chi connectivity index (χ4v) is 2.58. The molecule has 1 aliphatic carbocycles. The zero-order valence-corrected chi connectivity index (χ0v) is 10.1. The number of anilines is 1. The molecular weight excluding hydrogens is 224 g/mol. The maximum absolute atomic E-state index is 10.5. The smallest absolute Gasteiger partial charge is 0.309 e. The molecule has 1 aliphatic rings. The predicted octanol–water partition coefficient (Wildman–Crippen LogP) is 2.37. The van der Waals surface area contributed by atoms with Gasteiger partial charge in [0.15, 0.2) is 5.13 Å². The molecule has 88 valence electrons. The summed E-state index contributed by atoms with van der Waals surface area (Å²) in [5.41, 5.74) is 1.05. The monoisotopic (exact) mass is 240 g/mol. The summed E-state index contributed by atoms with van der Waals surface area (Å²) >= 11 is 1.48. The Labute approximate surface area is 98.7 Å². The maximum Gasteiger partial charge on any atom is 0.309 e. The van der Waals surface area contributed by atoms with Gasteiger partial charge in [0.05, 0.1) is 12.1 Å². The maximum atomic E-state index is 10.5. The quantitative estimate of drug-likeness (QED) is 0.829. The Morgan fingerprint density at radius 3 is 3.00 bits per heavy atom. The molecule has 1 heterocycles. The number of aliphatic carboxylic acids is 1. The van der Waals surface area contributed by atoms with Gasteiger partial charge in [-0.3, -0.25) is 4.79 Å². The van der Waals surface area contributed by atoms with Gasteiger partial charge in [0.25, 0.3) is 0 Å². The molecule has 1 fully saturated rings. The summed E-state index contributed by atoms with van der Waals surface area (Å²) in [5, 5.41) is 14.6. The number of hydrogen-bond acceptors (Lipinski definition) is 4. The standard InChI is InChI=1S/C11H16N2O2S/c1-11(3-2-4-11)7-12-10-13-8(6-16-10)5-9(14)15/h6H,2-5,7H2,1H3,(H,12,13)(H,14,15). The van der Waals surface area contributed by atoms with Crippen molar-refractivity contribution in [1.29, 1.82) is 0 Å². The van der Waals surface area contributed by atoms with Crippen molar-refractivity contribution in [3.63, 3.8) is 0 Å². The zero-order chi connectivity index (χ0) is 11.6. The summed E-state index contributed by atoms with van der Waals surface area (Å²) in [6.45, 7) is 3.21. The highest BCUT2D eigenvalue weighted by molar-refractivity contribution is 7.13. The number of hydrogen-bond donors (Lipinski definition) is 2. The summed E-state index contributed by atoms with van der Waals surface area (Å²) in [6.07, 6.45) is 3.87. The van der Waals surface area contributed by atoms with Crippen molar-refractivity contribution < 1.29 is 9.90 Å². The van der Waals surface area contributed by atoms with Crippen LogP contribution in [0.3, 0.4) is 0 Å². The molecule has 4 nitrogen and oxygen atoms in total. The second-order valence-corrected chi connectivity index (χ2v) is 5.59. The Bertz CT molecular complexity index is 385. The van der Waals surface area contributed by atoms with E-state index >= 15 is 0 Å². The van der Waals surface area contributed by atoms with Crippen LogP contribution in [-0.4, -0.2) is 22.6 Å². The molecule has 0 aromatic carbocycles. The first-order chi connectivity index (χ1) is 7.57. The largest absolute Gasteiger partial charge is 0.481 e. The third kappa shape index (κ3) is 2.72. The van der Waals surface area contributed by atoms with Crippen molar-refractivity contribution in [1.82, 2.24) is 4.98 Å². The second kappa shape index (κ2) is 4.41. The minimum absolute atomic E-state index is 0.00937. The molecule has 0 unspecified atom stereocenters. The fourth-order valence-electron chi connectivity index (χ4n) is 1.87.